The summed E-state index contributed by atoms with van der Waals surface area (Å²) in [6, 6.07) is 14.2. The smallest absolute Gasteiger partial charge is 0.249 e. The molecule has 1 aliphatic rings. The number of nitrogens with one attached hydrogen (secondary N) is 2. The van der Waals surface area contributed by atoms with Crippen LogP contribution in [0.2, 0.25) is 0 Å². The second kappa shape index (κ2) is 7.84. The van der Waals surface area contributed by atoms with E-state index in [-0.39, 0.29) is 18.9 Å². The predicted octanol–water partition coefficient (Wildman–Crippen LogP) is 3.36. The quantitative estimate of drug-likeness (QED) is 0.695. The molecule has 0 radical (unpaired) electrons. The number of amides is 2. The van der Waals surface area contributed by atoms with Crippen molar-refractivity contribution in [2.24, 2.45) is 0 Å². The molecule has 1 aromatic heterocycles. The van der Waals surface area contributed by atoms with Crippen LogP contribution in [-0.4, -0.2) is 28.7 Å². The molecule has 2 N–H and O–H groups in total. The molecule has 3 aromatic rings. The zero-order valence-corrected chi connectivity index (χ0v) is 15.7. The Morgan fingerprint density at radius 2 is 2.07 bits per heavy atom. The average molecular weight is 394 g/mol. The number of carbonyl (C=O) groups excluding carboxylic acids is 2. The lowest BCUT2D eigenvalue weighted by Crippen LogP contribution is -2.35. The first kappa shape index (κ1) is 18.8. The summed E-state index contributed by atoms with van der Waals surface area (Å²) in [4.78, 5) is 25.3. The molecule has 2 aromatic carbocycles. The summed E-state index contributed by atoms with van der Waals surface area (Å²) in [5.74, 6) is -0.757. The molecule has 0 spiro atoms. The summed E-state index contributed by atoms with van der Waals surface area (Å²) in [5.41, 5.74) is 2.49. The van der Waals surface area contributed by atoms with Crippen molar-refractivity contribution in [1.29, 1.82) is 0 Å². The number of halogens is 1. The van der Waals surface area contributed by atoms with Crippen molar-refractivity contribution in [3.8, 4) is 11.1 Å². The van der Waals surface area contributed by atoms with Gasteiger partial charge in [0.05, 0.1) is 18.7 Å². The Balaban J connectivity index is 1.75. The van der Waals surface area contributed by atoms with Gasteiger partial charge in [-0.25, -0.2) is 9.07 Å². The van der Waals surface area contributed by atoms with Gasteiger partial charge in [-0.3, -0.25) is 9.59 Å². The number of benzene rings is 2. The van der Waals surface area contributed by atoms with E-state index in [1.54, 1.807) is 13.2 Å². The largest absolute Gasteiger partial charge is 0.378 e. The monoisotopic (exact) mass is 394 g/mol. The normalized spacial score (nSPS) is 15.5. The molecular weight excluding hydrogens is 375 g/mol. The number of methoxy groups -OCH3 is 1. The van der Waals surface area contributed by atoms with Crippen LogP contribution in [-0.2, 0) is 20.9 Å². The molecule has 0 fully saturated rings. The van der Waals surface area contributed by atoms with E-state index in [1.807, 2.05) is 30.3 Å². The lowest BCUT2D eigenvalue weighted by atomic mass is 10.0. The van der Waals surface area contributed by atoms with E-state index in [0.29, 0.717) is 22.8 Å². The van der Waals surface area contributed by atoms with E-state index < -0.39 is 17.8 Å². The van der Waals surface area contributed by atoms with Gasteiger partial charge in [-0.05, 0) is 23.8 Å². The minimum absolute atomic E-state index is 0.0729. The number of carbonyl (C=O) groups is 2. The van der Waals surface area contributed by atoms with Gasteiger partial charge in [0.1, 0.15) is 17.7 Å². The van der Waals surface area contributed by atoms with Crippen molar-refractivity contribution in [3.05, 3.63) is 66.1 Å². The summed E-state index contributed by atoms with van der Waals surface area (Å²) in [6.07, 6.45) is -0.0729. The lowest BCUT2D eigenvalue weighted by Gasteiger charge is -2.24. The third-order valence-electron chi connectivity index (χ3n) is 4.65. The van der Waals surface area contributed by atoms with Crippen LogP contribution in [0.15, 0.2) is 54.6 Å². The van der Waals surface area contributed by atoms with Crippen molar-refractivity contribution in [3.63, 3.8) is 0 Å². The number of fused-ring (bicyclic) bond motifs is 1. The summed E-state index contributed by atoms with van der Waals surface area (Å²) < 4.78 is 20.2. The maximum Gasteiger partial charge on any atom is 0.249 e. The first-order valence-electron chi connectivity index (χ1n) is 9.09. The molecule has 0 aliphatic carbocycles. The van der Waals surface area contributed by atoms with E-state index >= 15 is 0 Å². The SMILES string of the molecule is COCc1nn2c(c1-c1ccccc1)NC(=O)C[C@@H]2C(=O)Nc1cccc(F)c1. The minimum atomic E-state index is -0.866. The van der Waals surface area contributed by atoms with Crippen LogP contribution in [0, 0.1) is 5.82 Å². The van der Waals surface area contributed by atoms with E-state index in [0.717, 1.165) is 5.56 Å². The molecule has 29 heavy (non-hydrogen) atoms. The molecule has 7 nitrogen and oxygen atoms in total. The van der Waals surface area contributed by atoms with E-state index in [9.17, 15) is 14.0 Å². The fourth-order valence-corrected chi connectivity index (χ4v) is 3.41. The number of anilines is 2. The summed E-state index contributed by atoms with van der Waals surface area (Å²) in [5, 5.41) is 10.0. The van der Waals surface area contributed by atoms with Gasteiger partial charge in [0.2, 0.25) is 11.8 Å². The van der Waals surface area contributed by atoms with Crippen molar-refractivity contribution in [2.45, 2.75) is 19.1 Å². The van der Waals surface area contributed by atoms with Gasteiger partial charge in [-0.1, -0.05) is 36.4 Å². The fraction of sp³-hybridized carbons (Fsp3) is 0.190. The second-order valence-electron chi connectivity index (χ2n) is 6.68. The first-order valence-corrected chi connectivity index (χ1v) is 9.09. The standard InChI is InChI=1S/C21H19FN4O3/c1-29-12-16-19(13-6-3-2-4-7-13)20-24-18(27)11-17(26(20)25-16)21(28)23-15-9-5-8-14(22)10-15/h2-10,17H,11-12H2,1H3,(H,23,28)(H,24,27)/t17-/m1/s1. The molecular formula is C21H19FN4O3. The van der Waals surface area contributed by atoms with Crippen LogP contribution in [0.3, 0.4) is 0 Å². The Morgan fingerprint density at radius 3 is 2.79 bits per heavy atom. The van der Waals surface area contributed by atoms with Crippen molar-refractivity contribution in [2.75, 3.05) is 17.7 Å². The van der Waals surface area contributed by atoms with Crippen LogP contribution in [0.25, 0.3) is 11.1 Å². The first-order chi connectivity index (χ1) is 14.1. The summed E-state index contributed by atoms with van der Waals surface area (Å²) in [7, 11) is 1.56. The molecule has 148 valence electrons. The van der Waals surface area contributed by atoms with Crippen molar-refractivity contribution >= 4 is 23.3 Å². The van der Waals surface area contributed by atoms with Gasteiger partial charge in [0.25, 0.3) is 0 Å². The van der Waals surface area contributed by atoms with Crippen molar-refractivity contribution < 1.29 is 18.7 Å². The molecule has 0 unspecified atom stereocenters. The molecule has 2 amide bonds. The Labute approximate surface area is 166 Å². The van der Waals surface area contributed by atoms with Crippen molar-refractivity contribution in [1.82, 2.24) is 9.78 Å². The summed E-state index contributed by atoms with van der Waals surface area (Å²) in [6.45, 7) is 0.221. The van der Waals surface area contributed by atoms with E-state index in [2.05, 4.69) is 15.7 Å². The number of aromatic nitrogens is 2. The molecule has 1 aliphatic heterocycles. The predicted molar refractivity (Wildman–Crippen MR) is 106 cm³/mol. The zero-order chi connectivity index (χ0) is 20.4. The number of ether oxygens (including phenoxy) is 1. The third-order valence-corrected chi connectivity index (χ3v) is 4.65. The highest BCUT2D eigenvalue weighted by Gasteiger charge is 2.35. The van der Waals surface area contributed by atoms with E-state index in [1.165, 1.54) is 22.9 Å². The molecule has 0 saturated carbocycles. The zero-order valence-electron chi connectivity index (χ0n) is 15.7. The van der Waals surface area contributed by atoms with Gasteiger partial charge in [-0.2, -0.15) is 5.10 Å². The maximum atomic E-state index is 13.4. The van der Waals surface area contributed by atoms with Gasteiger partial charge in [0.15, 0.2) is 0 Å². The van der Waals surface area contributed by atoms with Crippen LogP contribution >= 0.6 is 0 Å². The number of rotatable bonds is 5. The van der Waals surface area contributed by atoms with Gasteiger partial charge in [-0.15, -0.1) is 0 Å². The minimum Gasteiger partial charge on any atom is -0.378 e. The van der Waals surface area contributed by atoms with Gasteiger partial charge >= 0.3 is 0 Å². The highest BCUT2D eigenvalue weighted by Crippen LogP contribution is 2.37. The lowest BCUT2D eigenvalue weighted by molar-refractivity contribution is -0.125. The van der Waals surface area contributed by atoms with Gasteiger partial charge < -0.3 is 15.4 Å². The Morgan fingerprint density at radius 1 is 1.28 bits per heavy atom. The number of hydrogen-bond donors (Lipinski definition) is 2. The second-order valence-corrected chi connectivity index (χ2v) is 6.68. The number of hydrogen-bond acceptors (Lipinski definition) is 4. The molecule has 8 heteroatoms. The fourth-order valence-electron chi connectivity index (χ4n) is 3.41. The maximum absolute atomic E-state index is 13.4. The van der Waals surface area contributed by atoms with Crippen LogP contribution in [0.1, 0.15) is 18.2 Å². The molecule has 4 rings (SSSR count). The highest BCUT2D eigenvalue weighted by molar-refractivity contribution is 6.03. The van der Waals surface area contributed by atoms with Crippen LogP contribution in [0.5, 0.6) is 0 Å². The molecule has 1 atom stereocenters. The van der Waals surface area contributed by atoms with E-state index in [4.69, 9.17) is 4.74 Å². The highest BCUT2D eigenvalue weighted by atomic mass is 19.1. The van der Waals surface area contributed by atoms with Crippen LogP contribution < -0.4 is 10.6 Å². The molecule has 0 bridgehead atoms. The Kier molecular flexibility index (Phi) is 5.09. The summed E-state index contributed by atoms with van der Waals surface area (Å²) >= 11 is 0. The topological polar surface area (TPSA) is 85.2 Å². The molecule has 0 saturated heterocycles. The van der Waals surface area contributed by atoms with Gasteiger partial charge in [0, 0.05) is 18.4 Å². The Hall–Kier alpha value is -3.52. The third kappa shape index (κ3) is 3.74. The molecule has 2 heterocycles. The average Bonchev–Trinajstić information content (AvgIpc) is 3.06. The number of nitrogens with zero attached hydrogens (tertiary/aromatic N) is 2. The Bertz CT molecular complexity index is 1070. The van der Waals surface area contributed by atoms with Crippen LogP contribution in [0.4, 0.5) is 15.9 Å².